The third kappa shape index (κ3) is 3.27. The summed E-state index contributed by atoms with van der Waals surface area (Å²) in [5, 5.41) is 4.59. The fourth-order valence-corrected chi connectivity index (χ4v) is 2.66. The lowest BCUT2D eigenvalue weighted by Crippen LogP contribution is -1.99. The zero-order valence-corrected chi connectivity index (χ0v) is 13.7. The van der Waals surface area contributed by atoms with Crippen molar-refractivity contribution >= 4 is 34.0 Å². The topological polar surface area (TPSA) is 50.7 Å². The molecule has 0 radical (unpaired) electrons. The largest absolute Gasteiger partial charge is 0.340 e. The van der Waals surface area contributed by atoms with Crippen LogP contribution in [0.15, 0.2) is 67.0 Å². The molecule has 2 heterocycles. The van der Waals surface area contributed by atoms with Gasteiger partial charge in [-0.2, -0.15) is 0 Å². The van der Waals surface area contributed by atoms with Crippen LogP contribution in [0, 0.1) is 5.82 Å². The second-order valence-electron chi connectivity index (χ2n) is 5.43. The molecule has 25 heavy (non-hydrogen) atoms. The van der Waals surface area contributed by atoms with Gasteiger partial charge in [0.2, 0.25) is 0 Å². The summed E-state index contributed by atoms with van der Waals surface area (Å²) >= 11 is 6.13. The highest BCUT2D eigenvalue weighted by atomic mass is 35.5. The van der Waals surface area contributed by atoms with E-state index in [4.69, 9.17) is 11.6 Å². The van der Waals surface area contributed by atoms with Gasteiger partial charge in [0.15, 0.2) is 5.82 Å². The van der Waals surface area contributed by atoms with Crippen LogP contribution in [0.3, 0.4) is 0 Å². The summed E-state index contributed by atoms with van der Waals surface area (Å²) in [6.07, 6.45) is 3.40. The summed E-state index contributed by atoms with van der Waals surface area (Å²) in [7, 11) is 0. The van der Waals surface area contributed by atoms with E-state index in [0.717, 1.165) is 22.2 Å². The Labute approximate surface area is 148 Å². The molecule has 2 aromatic carbocycles. The first-order valence-electron chi connectivity index (χ1n) is 7.59. The third-order valence-electron chi connectivity index (χ3n) is 3.68. The second-order valence-corrected chi connectivity index (χ2v) is 5.87. The molecule has 0 bridgehead atoms. The smallest absolute Gasteiger partial charge is 0.163 e. The number of aromatic nitrogens is 3. The molecule has 122 valence electrons. The summed E-state index contributed by atoms with van der Waals surface area (Å²) < 4.78 is 13.1. The molecular formula is C19H12ClFN4. The molecule has 0 unspecified atom stereocenters. The number of hydrogen-bond acceptors (Lipinski definition) is 4. The average molecular weight is 351 g/mol. The van der Waals surface area contributed by atoms with Crippen molar-refractivity contribution in [3.05, 3.63) is 77.8 Å². The Balaban J connectivity index is 1.87. The number of nitrogens with one attached hydrogen (secondary N) is 1. The maximum atomic E-state index is 13.1. The molecular weight excluding hydrogens is 339 g/mol. The van der Waals surface area contributed by atoms with Gasteiger partial charge in [-0.25, -0.2) is 14.4 Å². The molecule has 0 saturated heterocycles. The Morgan fingerprint density at radius 3 is 2.56 bits per heavy atom. The van der Waals surface area contributed by atoms with E-state index in [-0.39, 0.29) is 5.82 Å². The van der Waals surface area contributed by atoms with E-state index >= 15 is 0 Å². The van der Waals surface area contributed by atoms with E-state index in [9.17, 15) is 4.39 Å². The van der Waals surface area contributed by atoms with Gasteiger partial charge in [0, 0.05) is 34.1 Å². The highest BCUT2D eigenvalue weighted by molar-refractivity contribution is 6.31. The molecule has 0 aliphatic carbocycles. The highest BCUT2D eigenvalue weighted by Gasteiger charge is 2.11. The van der Waals surface area contributed by atoms with Crippen LogP contribution in [-0.2, 0) is 0 Å². The van der Waals surface area contributed by atoms with Gasteiger partial charge in [0.1, 0.15) is 11.6 Å². The molecule has 4 aromatic rings. The molecule has 1 N–H and O–H groups in total. The Kier molecular flexibility index (Phi) is 3.99. The Bertz CT molecular complexity index is 1040. The van der Waals surface area contributed by atoms with Crippen LogP contribution in [-0.4, -0.2) is 15.0 Å². The van der Waals surface area contributed by atoms with Crippen LogP contribution in [0.4, 0.5) is 15.9 Å². The van der Waals surface area contributed by atoms with Gasteiger partial charge in [0.05, 0.1) is 5.52 Å². The number of rotatable bonds is 3. The van der Waals surface area contributed by atoms with Crippen molar-refractivity contribution in [1.29, 1.82) is 0 Å². The minimum Gasteiger partial charge on any atom is -0.340 e. The number of nitrogens with zero attached hydrogens (tertiary/aromatic N) is 3. The minimum absolute atomic E-state index is 0.294. The molecule has 2 aromatic heterocycles. The highest BCUT2D eigenvalue weighted by Crippen LogP contribution is 2.29. The van der Waals surface area contributed by atoms with Crippen LogP contribution < -0.4 is 5.32 Å². The summed E-state index contributed by atoms with van der Waals surface area (Å²) in [5.41, 5.74) is 2.28. The molecule has 0 fully saturated rings. The average Bonchev–Trinajstić information content (AvgIpc) is 2.64. The normalized spacial score (nSPS) is 10.8. The molecule has 0 spiro atoms. The predicted octanol–water partition coefficient (Wildman–Crippen LogP) is 5.23. The summed E-state index contributed by atoms with van der Waals surface area (Å²) in [6, 6.07) is 15.2. The first-order chi connectivity index (χ1) is 12.2. The van der Waals surface area contributed by atoms with Gasteiger partial charge in [-0.05, 0) is 54.6 Å². The van der Waals surface area contributed by atoms with E-state index in [1.165, 1.54) is 12.1 Å². The predicted molar refractivity (Wildman–Crippen MR) is 97.5 cm³/mol. The van der Waals surface area contributed by atoms with Crippen LogP contribution in [0.5, 0.6) is 0 Å². The van der Waals surface area contributed by atoms with Gasteiger partial charge in [0.25, 0.3) is 0 Å². The molecule has 4 nitrogen and oxygen atoms in total. The quantitative estimate of drug-likeness (QED) is 0.549. The van der Waals surface area contributed by atoms with Gasteiger partial charge >= 0.3 is 0 Å². The fraction of sp³-hybridized carbons (Fsp3) is 0. The van der Waals surface area contributed by atoms with Crippen molar-refractivity contribution in [2.75, 3.05) is 5.32 Å². The van der Waals surface area contributed by atoms with Crippen LogP contribution in [0.1, 0.15) is 0 Å². The van der Waals surface area contributed by atoms with Crippen LogP contribution in [0.25, 0.3) is 22.3 Å². The van der Waals surface area contributed by atoms with E-state index in [0.29, 0.717) is 16.7 Å². The number of fused-ring (bicyclic) bond motifs is 1. The molecule has 0 aliphatic rings. The van der Waals surface area contributed by atoms with Crippen LogP contribution >= 0.6 is 11.6 Å². The molecule has 0 aliphatic heterocycles. The first-order valence-corrected chi connectivity index (χ1v) is 7.97. The van der Waals surface area contributed by atoms with E-state index in [2.05, 4.69) is 20.3 Å². The SMILES string of the molecule is Fc1ccc(Nc2nc(-c3cccnc3)nc3ccc(Cl)cc23)cc1. The van der Waals surface area contributed by atoms with E-state index in [1.807, 2.05) is 18.2 Å². The third-order valence-corrected chi connectivity index (χ3v) is 3.92. The number of anilines is 2. The standard InChI is InChI=1S/C19H12ClFN4/c20-13-3-8-17-16(10-13)19(23-15-6-4-14(21)5-7-15)25-18(24-17)12-2-1-9-22-11-12/h1-11H,(H,23,24,25). The number of halogens is 2. The van der Waals surface area contributed by atoms with Crippen molar-refractivity contribution in [2.45, 2.75) is 0 Å². The van der Waals surface area contributed by atoms with Crippen molar-refractivity contribution < 1.29 is 4.39 Å². The lowest BCUT2D eigenvalue weighted by molar-refractivity contribution is 0.628. The molecule has 0 saturated carbocycles. The minimum atomic E-state index is -0.294. The van der Waals surface area contributed by atoms with Gasteiger partial charge in [-0.15, -0.1) is 0 Å². The number of hydrogen-bond donors (Lipinski definition) is 1. The zero-order chi connectivity index (χ0) is 17.2. The monoisotopic (exact) mass is 350 g/mol. The van der Waals surface area contributed by atoms with E-state index < -0.39 is 0 Å². The van der Waals surface area contributed by atoms with Crippen molar-refractivity contribution in [2.24, 2.45) is 0 Å². The molecule has 4 rings (SSSR count). The summed E-state index contributed by atoms with van der Waals surface area (Å²) in [6.45, 7) is 0. The summed E-state index contributed by atoms with van der Waals surface area (Å²) in [5.74, 6) is 0.850. The van der Waals surface area contributed by atoms with Gasteiger partial charge < -0.3 is 5.32 Å². The number of pyridine rings is 1. The molecule has 0 amide bonds. The Hall–Kier alpha value is -3.05. The lowest BCUT2D eigenvalue weighted by atomic mass is 10.2. The molecule has 6 heteroatoms. The van der Waals surface area contributed by atoms with Gasteiger partial charge in [-0.1, -0.05) is 11.6 Å². The van der Waals surface area contributed by atoms with Crippen molar-refractivity contribution in [3.63, 3.8) is 0 Å². The second kappa shape index (κ2) is 6.45. The van der Waals surface area contributed by atoms with Crippen molar-refractivity contribution in [3.8, 4) is 11.4 Å². The fourth-order valence-electron chi connectivity index (χ4n) is 2.49. The Morgan fingerprint density at radius 1 is 0.960 bits per heavy atom. The Morgan fingerprint density at radius 2 is 1.80 bits per heavy atom. The zero-order valence-electron chi connectivity index (χ0n) is 12.9. The van der Waals surface area contributed by atoms with Crippen LogP contribution in [0.2, 0.25) is 5.02 Å². The van der Waals surface area contributed by atoms with Crippen molar-refractivity contribution in [1.82, 2.24) is 15.0 Å². The van der Waals surface area contributed by atoms with Gasteiger partial charge in [-0.3, -0.25) is 4.98 Å². The summed E-state index contributed by atoms with van der Waals surface area (Å²) in [4.78, 5) is 13.3. The lowest BCUT2D eigenvalue weighted by Gasteiger charge is -2.11. The maximum absolute atomic E-state index is 13.1. The number of benzene rings is 2. The van der Waals surface area contributed by atoms with E-state index in [1.54, 1.807) is 36.7 Å². The molecule has 0 atom stereocenters. The maximum Gasteiger partial charge on any atom is 0.163 e. The first kappa shape index (κ1) is 15.5.